The predicted octanol–water partition coefficient (Wildman–Crippen LogP) is 11.4. The molecular weight excluding hydrogens is 627 g/mol. The molecule has 0 radical (unpaired) electrons. The van der Waals surface area contributed by atoms with E-state index in [1.165, 1.54) is 43.2 Å². The van der Waals surface area contributed by atoms with Gasteiger partial charge < -0.3 is 0 Å². The summed E-state index contributed by atoms with van der Waals surface area (Å²) in [6, 6.07) is 60.3. The van der Waals surface area contributed by atoms with E-state index in [0.29, 0.717) is 5.82 Å². The molecule has 2 aliphatic rings. The summed E-state index contributed by atoms with van der Waals surface area (Å²) in [5.41, 5.74) is 14.3. The third kappa shape index (κ3) is 4.35. The normalized spacial score (nSPS) is 13.3. The fraction of sp³-hybridized carbons (Fsp3) is 0.0217. The molecule has 3 nitrogen and oxygen atoms in total. The topological polar surface area (TPSA) is 38.7 Å². The number of benzene rings is 6. The van der Waals surface area contributed by atoms with E-state index in [4.69, 9.17) is 15.0 Å². The van der Waals surface area contributed by atoms with Gasteiger partial charge in [-0.1, -0.05) is 157 Å². The summed E-state index contributed by atoms with van der Waals surface area (Å²) in [7, 11) is 0. The zero-order valence-electron chi connectivity index (χ0n) is 27.0. The van der Waals surface area contributed by atoms with Crippen LogP contribution in [0.5, 0.6) is 0 Å². The van der Waals surface area contributed by atoms with E-state index in [9.17, 15) is 0 Å². The Morgan fingerprint density at radius 2 is 0.960 bits per heavy atom. The fourth-order valence-electron chi connectivity index (χ4n) is 7.85. The second-order valence-electron chi connectivity index (χ2n) is 12.7. The molecule has 2 aromatic heterocycles. The molecule has 0 unspecified atom stereocenters. The Kier molecular flexibility index (Phi) is 6.64. The minimum Gasteiger partial charge on any atom is -0.256 e. The zero-order valence-corrected chi connectivity index (χ0v) is 27.8. The van der Waals surface area contributed by atoms with Gasteiger partial charge in [-0.25, -0.2) is 9.97 Å². The first-order valence-corrected chi connectivity index (χ1v) is 17.7. The van der Waals surface area contributed by atoms with Gasteiger partial charge in [0.1, 0.15) is 0 Å². The fourth-order valence-corrected chi connectivity index (χ4v) is 9.16. The van der Waals surface area contributed by atoms with Gasteiger partial charge in [0, 0.05) is 38.2 Å². The van der Waals surface area contributed by atoms with Crippen molar-refractivity contribution in [2.75, 3.05) is 0 Å². The summed E-state index contributed by atoms with van der Waals surface area (Å²) in [5.74, 6) is 0.695. The number of fused-ring (bicyclic) bond motifs is 9. The molecule has 234 valence electrons. The lowest BCUT2D eigenvalue weighted by atomic mass is 9.67. The molecule has 0 atom stereocenters. The van der Waals surface area contributed by atoms with Gasteiger partial charge in [-0.2, -0.15) is 0 Å². The van der Waals surface area contributed by atoms with Crippen molar-refractivity contribution in [1.29, 1.82) is 0 Å². The Bertz CT molecular complexity index is 2460. The number of rotatable bonds is 4. The molecule has 1 aliphatic heterocycles. The second kappa shape index (κ2) is 11.5. The molecule has 8 aromatic rings. The standard InChI is InChI=1S/C46H29N3S/c1-3-14-30(15-4-1)41-28-42(49-45(48-41)31-16-5-2-6-17-31)32-26-27-40(47-29-32)35-20-13-24-39-44(35)50-43-25-12-11-23-38(43)46(39)36-21-9-7-18-33(36)34-19-8-10-22-37(34)46/h1-29H. The van der Waals surface area contributed by atoms with Crippen LogP contribution in [0.2, 0.25) is 0 Å². The van der Waals surface area contributed by atoms with Crippen molar-refractivity contribution in [3.8, 4) is 56.3 Å². The van der Waals surface area contributed by atoms with Gasteiger partial charge in [0.2, 0.25) is 0 Å². The van der Waals surface area contributed by atoms with E-state index >= 15 is 0 Å². The molecule has 0 N–H and O–H groups in total. The third-order valence-electron chi connectivity index (χ3n) is 10.0. The average molecular weight is 656 g/mol. The van der Waals surface area contributed by atoms with Crippen LogP contribution in [-0.2, 0) is 5.41 Å². The number of hydrogen-bond acceptors (Lipinski definition) is 4. The predicted molar refractivity (Wildman–Crippen MR) is 203 cm³/mol. The molecule has 0 saturated carbocycles. The Hall–Kier alpha value is -6.10. The van der Waals surface area contributed by atoms with Crippen LogP contribution in [0.1, 0.15) is 22.3 Å². The van der Waals surface area contributed by atoms with Gasteiger partial charge in [-0.15, -0.1) is 0 Å². The van der Waals surface area contributed by atoms with Crippen molar-refractivity contribution in [2.45, 2.75) is 15.2 Å². The molecule has 3 heterocycles. The van der Waals surface area contributed by atoms with Crippen molar-refractivity contribution in [1.82, 2.24) is 15.0 Å². The Balaban J connectivity index is 1.13. The highest BCUT2D eigenvalue weighted by Crippen LogP contribution is 2.63. The van der Waals surface area contributed by atoms with Crippen LogP contribution >= 0.6 is 11.8 Å². The second-order valence-corrected chi connectivity index (χ2v) is 13.8. The highest BCUT2D eigenvalue weighted by Gasteiger charge is 2.50. The Morgan fingerprint density at radius 3 is 1.64 bits per heavy atom. The quantitative estimate of drug-likeness (QED) is 0.189. The first-order chi connectivity index (χ1) is 24.8. The maximum atomic E-state index is 5.12. The van der Waals surface area contributed by atoms with Gasteiger partial charge in [0.05, 0.1) is 22.5 Å². The number of hydrogen-bond donors (Lipinski definition) is 0. The smallest absolute Gasteiger partial charge is 0.160 e. The van der Waals surface area contributed by atoms with Crippen molar-refractivity contribution < 1.29 is 0 Å². The van der Waals surface area contributed by atoms with Crippen LogP contribution in [-0.4, -0.2) is 15.0 Å². The molecule has 6 aromatic carbocycles. The molecule has 0 saturated heterocycles. The van der Waals surface area contributed by atoms with Crippen LogP contribution < -0.4 is 0 Å². The van der Waals surface area contributed by atoms with E-state index in [1.807, 2.05) is 54.4 Å². The maximum absolute atomic E-state index is 5.12. The summed E-state index contributed by atoms with van der Waals surface area (Å²) in [5, 5.41) is 0. The van der Waals surface area contributed by atoms with Gasteiger partial charge in [0.25, 0.3) is 0 Å². The average Bonchev–Trinajstić information content (AvgIpc) is 3.49. The molecule has 4 heteroatoms. The largest absolute Gasteiger partial charge is 0.256 e. The molecule has 0 amide bonds. The van der Waals surface area contributed by atoms with Crippen LogP contribution in [0.3, 0.4) is 0 Å². The molecule has 50 heavy (non-hydrogen) atoms. The molecule has 0 fully saturated rings. The Labute approximate surface area is 295 Å². The third-order valence-corrected chi connectivity index (χ3v) is 11.3. The molecular formula is C46H29N3S. The van der Waals surface area contributed by atoms with Gasteiger partial charge >= 0.3 is 0 Å². The van der Waals surface area contributed by atoms with Gasteiger partial charge in [0.15, 0.2) is 5.82 Å². The van der Waals surface area contributed by atoms with Crippen LogP contribution in [0.25, 0.3) is 56.3 Å². The van der Waals surface area contributed by atoms with E-state index in [2.05, 4.69) is 133 Å². The van der Waals surface area contributed by atoms with E-state index < -0.39 is 5.41 Å². The van der Waals surface area contributed by atoms with Crippen LogP contribution in [0.4, 0.5) is 0 Å². The van der Waals surface area contributed by atoms with Crippen LogP contribution in [0.15, 0.2) is 186 Å². The highest BCUT2D eigenvalue weighted by molar-refractivity contribution is 7.99. The lowest BCUT2D eigenvalue weighted by Gasteiger charge is -2.40. The molecule has 0 bridgehead atoms. The summed E-state index contributed by atoms with van der Waals surface area (Å²) in [4.78, 5) is 17.6. The molecule has 1 aliphatic carbocycles. The van der Waals surface area contributed by atoms with E-state index in [1.54, 1.807) is 0 Å². The zero-order chi connectivity index (χ0) is 33.1. The van der Waals surface area contributed by atoms with E-state index in [0.717, 1.165) is 39.3 Å². The number of nitrogens with zero attached hydrogens (tertiary/aromatic N) is 3. The van der Waals surface area contributed by atoms with Gasteiger partial charge in [-0.3, -0.25) is 4.98 Å². The first-order valence-electron chi connectivity index (χ1n) is 16.9. The van der Waals surface area contributed by atoms with Crippen LogP contribution in [0, 0.1) is 0 Å². The SMILES string of the molecule is c1ccc(-c2cc(-c3ccc(-c4cccc5c4Sc4ccccc4C54c5ccccc5-c5ccccc54)nc3)nc(-c3ccccc3)n2)cc1. The lowest BCUT2D eigenvalue weighted by Crippen LogP contribution is -2.32. The number of aromatic nitrogens is 3. The summed E-state index contributed by atoms with van der Waals surface area (Å²) < 4.78 is 0. The number of pyridine rings is 1. The first kappa shape index (κ1) is 28.9. The van der Waals surface area contributed by atoms with Crippen molar-refractivity contribution >= 4 is 11.8 Å². The van der Waals surface area contributed by atoms with E-state index in [-0.39, 0.29) is 0 Å². The summed E-state index contributed by atoms with van der Waals surface area (Å²) in [6.45, 7) is 0. The molecule has 1 spiro atoms. The lowest BCUT2D eigenvalue weighted by molar-refractivity contribution is 0.723. The van der Waals surface area contributed by atoms with Crippen molar-refractivity contribution in [3.63, 3.8) is 0 Å². The van der Waals surface area contributed by atoms with Crippen molar-refractivity contribution in [2.24, 2.45) is 0 Å². The molecule has 10 rings (SSSR count). The minimum atomic E-state index is -0.414. The minimum absolute atomic E-state index is 0.414. The van der Waals surface area contributed by atoms with Crippen molar-refractivity contribution in [3.05, 3.63) is 198 Å². The summed E-state index contributed by atoms with van der Waals surface area (Å²) in [6.07, 6.45) is 1.96. The summed E-state index contributed by atoms with van der Waals surface area (Å²) >= 11 is 1.85. The monoisotopic (exact) mass is 655 g/mol. The van der Waals surface area contributed by atoms with Gasteiger partial charge in [-0.05, 0) is 57.6 Å². The maximum Gasteiger partial charge on any atom is 0.160 e. The highest BCUT2D eigenvalue weighted by atomic mass is 32.2. The Morgan fingerprint density at radius 1 is 0.400 bits per heavy atom.